The van der Waals surface area contributed by atoms with Crippen LogP contribution in [0.15, 0.2) is 29.2 Å². The van der Waals surface area contributed by atoms with Crippen LogP contribution < -0.4 is 5.32 Å². The van der Waals surface area contributed by atoms with Crippen molar-refractivity contribution in [2.75, 3.05) is 0 Å². The minimum absolute atomic E-state index is 0.137. The van der Waals surface area contributed by atoms with Gasteiger partial charge in [0.1, 0.15) is 18.1 Å². The number of nitrogens with one attached hydrogen (secondary N) is 1. The molecule has 0 radical (unpaired) electrons. The van der Waals surface area contributed by atoms with Crippen LogP contribution in [-0.2, 0) is 11.8 Å². The van der Waals surface area contributed by atoms with Gasteiger partial charge in [-0.15, -0.1) is 0 Å². The third-order valence-electron chi connectivity index (χ3n) is 4.69. The summed E-state index contributed by atoms with van der Waals surface area (Å²) in [6.07, 6.45) is 7.98. The van der Waals surface area contributed by atoms with Gasteiger partial charge in [-0.05, 0) is 19.3 Å². The zero-order valence-corrected chi connectivity index (χ0v) is 13.4. The standard InChI is InChI=1S/C16H19N5O3/c1-20-8-7-17-15(20)14-11(18-16(23)12-6-9-24-19-12)4-5-13(22)21(14)10-2-3-10/h6-11,14H,2-5H2,1H3,(H,18,23)/t11-,14-/m1/s1. The third kappa shape index (κ3) is 2.57. The molecule has 1 saturated heterocycles. The van der Waals surface area contributed by atoms with Gasteiger partial charge < -0.3 is 19.3 Å². The highest BCUT2D eigenvalue weighted by Gasteiger charge is 2.46. The van der Waals surface area contributed by atoms with Gasteiger partial charge in [0.05, 0.1) is 6.04 Å². The lowest BCUT2D eigenvalue weighted by molar-refractivity contribution is -0.138. The van der Waals surface area contributed by atoms with Gasteiger partial charge in [-0.3, -0.25) is 9.59 Å². The first-order chi connectivity index (χ1) is 11.6. The minimum atomic E-state index is -0.293. The summed E-state index contributed by atoms with van der Waals surface area (Å²) in [5, 5.41) is 6.69. The average Bonchev–Trinajstić information content (AvgIpc) is 3.07. The second-order valence-corrected chi connectivity index (χ2v) is 6.38. The normalized spacial score (nSPS) is 24.2. The second-order valence-electron chi connectivity index (χ2n) is 6.38. The van der Waals surface area contributed by atoms with Crippen molar-refractivity contribution in [2.45, 2.75) is 43.8 Å². The first-order valence-electron chi connectivity index (χ1n) is 8.15. The molecule has 2 fully saturated rings. The second kappa shape index (κ2) is 5.77. The van der Waals surface area contributed by atoms with Crippen molar-refractivity contribution >= 4 is 11.8 Å². The Morgan fingerprint density at radius 2 is 2.21 bits per heavy atom. The van der Waals surface area contributed by atoms with Gasteiger partial charge in [-0.25, -0.2) is 4.98 Å². The van der Waals surface area contributed by atoms with Crippen LogP contribution in [0.2, 0.25) is 0 Å². The molecule has 2 aromatic heterocycles. The minimum Gasteiger partial charge on any atom is -0.364 e. The molecule has 4 rings (SSSR count). The number of hydrogen-bond acceptors (Lipinski definition) is 5. The molecule has 8 nitrogen and oxygen atoms in total. The van der Waals surface area contributed by atoms with Crippen LogP contribution in [0, 0.1) is 0 Å². The molecule has 2 atom stereocenters. The van der Waals surface area contributed by atoms with Crippen LogP contribution in [-0.4, -0.2) is 43.5 Å². The first-order valence-corrected chi connectivity index (χ1v) is 8.15. The Morgan fingerprint density at radius 3 is 2.83 bits per heavy atom. The molecule has 1 aliphatic heterocycles. The van der Waals surface area contributed by atoms with Crippen LogP contribution in [0.5, 0.6) is 0 Å². The lowest BCUT2D eigenvalue weighted by Crippen LogP contribution is -2.53. The maximum atomic E-state index is 12.5. The quantitative estimate of drug-likeness (QED) is 0.904. The first kappa shape index (κ1) is 14.9. The number of carbonyl (C=O) groups is 2. The van der Waals surface area contributed by atoms with Crippen molar-refractivity contribution in [3.05, 3.63) is 36.2 Å². The van der Waals surface area contributed by atoms with Crippen LogP contribution in [0.25, 0.3) is 0 Å². The van der Waals surface area contributed by atoms with Crippen molar-refractivity contribution in [1.29, 1.82) is 0 Å². The van der Waals surface area contributed by atoms with Gasteiger partial charge in [0.15, 0.2) is 5.69 Å². The van der Waals surface area contributed by atoms with Crippen molar-refractivity contribution in [2.24, 2.45) is 7.05 Å². The summed E-state index contributed by atoms with van der Waals surface area (Å²) >= 11 is 0. The van der Waals surface area contributed by atoms with Crippen LogP contribution >= 0.6 is 0 Å². The van der Waals surface area contributed by atoms with Gasteiger partial charge in [0.25, 0.3) is 5.91 Å². The van der Waals surface area contributed by atoms with E-state index in [-0.39, 0.29) is 35.6 Å². The van der Waals surface area contributed by atoms with Crippen LogP contribution in [0.3, 0.4) is 0 Å². The third-order valence-corrected chi connectivity index (χ3v) is 4.69. The highest BCUT2D eigenvalue weighted by atomic mass is 16.5. The fourth-order valence-electron chi connectivity index (χ4n) is 3.39. The molecule has 2 amide bonds. The molecule has 3 heterocycles. The molecule has 8 heteroatoms. The number of aryl methyl sites for hydroxylation is 1. The fraction of sp³-hybridized carbons (Fsp3) is 0.500. The van der Waals surface area contributed by atoms with E-state index in [1.807, 2.05) is 22.7 Å². The largest absolute Gasteiger partial charge is 0.364 e. The molecule has 0 aromatic carbocycles. The fourth-order valence-corrected chi connectivity index (χ4v) is 3.39. The zero-order chi connectivity index (χ0) is 16.7. The molecule has 2 aliphatic rings. The molecular weight excluding hydrogens is 310 g/mol. The number of rotatable bonds is 4. The summed E-state index contributed by atoms with van der Waals surface area (Å²) in [5.41, 5.74) is 0.239. The number of hydrogen-bond donors (Lipinski definition) is 1. The maximum Gasteiger partial charge on any atom is 0.273 e. The van der Waals surface area contributed by atoms with Crippen molar-refractivity contribution < 1.29 is 14.1 Å². The van der Waals surface area contributed by atoms with Gasteiger partial charge >= 0.3 is 0 Å². The van der Waals surface area contributed by atoms with Crippen molar-refractivity contribution in [3.8, 4) is 0 Å². The summed E-state index contributed by atoms with van der Waals surface area (Å²) < 4.78 is 6.65. The lowest BCUT2D eigenvalue weighted by atomic mass is 9.94. The number of carbonyl (C=O) groups excluding carboxylic acids is 2. The van der Waals surface area contributed by atoms with Gasteiger partial charge in [-0.1, -0.05) is 5.16 Å². The molecular formula is C16H19N5O3. The van der Waals surface area contributed by atoms with Crippen LogP contribution in [0.1, 0.15) is 48.0 Å². The Kier molecular flexibility index (Phi) is 3.59. The van der Waals surface area contributed by atoms with Gasteiger partial charge in [0, 0.05) is 38.0 Å². The molecule has 1 N–H and O–H groups in total. The van der Waals surface area contributed by atoms with E-state index in [1.165, 1.54) is 12.3 Å². The van der Waals surface area contributed by atoms with Crippen molar-refractivity contribution in [3.63, 3.8) is 0 Å². The number of likely N-dealkylation sites (tertiary alicyclic amines) is 1. The summed E-state index contributed by atoms with van der Waals surface area (Å²) in [6, 6.07) is 1.33. The Balaban J connectivity index is 1.64. The number of amides is 2. The van der Waals surface area contributed by atoms with E-state index in [0.29, 0.717) is 12.8 Å². The number of piperidine rings is 1. The summed E-state index contributed by atoms with van der Waals surface area (Å²) in [5.74, 6) is 0.635. The number of nitrogens with zero attached hydrogens (tertiary/aromatic N) is 4. The molecule has 0 bridgehead atoms. The smallest absolute Gasteiger partial charge is 0.273 e. The Hall–Kier alpha value is -2.64. The molecule has 0 spiro atoms. The Morgan fingerprint density at radius 1 is 1.38 bits per heavy atom. The summed E-state index contributed by atoms with van der Waals surface area (Å²) in [7, 11) is 1.91. The maximum absolute atomic E-state index is 12.5. The predicted octanol–water partition coefficient (Wildman–Crippen LogP) is 1.03. The van der Waals surface area contributed by atoms with Gasteiger partial charge in [-0.2, -0.15) is 0 Å². The lowest BCUT2D eigenvalue weighted by Gasteiger charge is -2.41. The summed E-state index contributed by atoms with van der Waals surface area (Å²) in [6.45, 7) is 0. The molecule has 0 unspecified atom stereocenters. The van der Waals surface area contributed by atoms with Crippen LogP contribution in [0.4, 0.5) is 0 Å². The molecule has 126 valence electrons. The SMILES string of the molecule is Cn1ccnc1[C@H]1[C@H](NC(=O)c2ccon2)CCC(=O)N1C1CC1. The van der Waals surface area contributed by atoms with Gasteiger partial charge in [0.2, 0.25) is 5.91 Å². The number of aromatic nitrogens is 3. The zero-order valence-electron chi connectivity index (χ0n) is 13.4. The van der Waals surface area contributed by atoms with E-state index in [1.54, 1.807) is 6.20 Å². The predicted molar refractivity (Wildman–Crippen MR) is 82.8 cm³/mol. The van der Waals surface area contributed by atoms with E-state index in [9.17, 15) is 9.59 Å². The average molecular weight is 329 g/mol. The van der Waals surface area contributed by atoms with E-state index < -0.39 is 0 Å². The Bertz CT molecular complexity index is 750. The summed E-state index contributed by atoms with van der Waals surface area (Å²) in [4.78, 5) is 31.2. The highest BCUT2D eigenvalue weighted by molar-refractivity contribution is 5.92. The van der Waals surface area contributed by atoms with E-state index >= 15 is 0 Å². The number of imidazole rings is 1. The molecule has 1 aliphatic carbocycles. The van der Waals surface area contributed by atoms with E-state index in [0.717, 1.165) is 18.7 Å². The molecule has 24 heavy (non-hydrogen) atoms. The molecule has 2 aromatic rings. The monoisotopic (exact) mass is 329 g/mol. The topological polar surface area (TPSA) is 93.3 Å². The van der Waals surface area contributed by atoms with E-state index in [4.69, 9.17) is 4.52 Å². The van der Waals surface area contributed by atoms with Crippen molar-refractivity contribution in [1.82, 2.24) is 24.9 Å². The Labute approximate surface area is 138 Å². The molecule has 1 saturated carbocycles. The van der Waals surface area contributed by atoms with E-state index in [2.05, 4.69) is 15.5 Å². The highest BCUT2D eigenvalue weighted by Crippen LogP contribution is 2.40.